The van der Waals surface area contributed by atoms with Gasteiger partial charge >= 0.3 is 0 Å². The Balaban J connectivity index is 3.34. The van der Waals surface area contributed by atoms with E-state index in [4.69, 9.17) is 11.6 Å². The first-order chi connectivity index (χ1) is 7.34. The lowest BCUT2D eigenvalue weighted by atomic mass is 10.2. The summed E-state index contributed by atoms with van der Waals surface area (Å²) in [6, 6.07) is 6.55. The number of halogens is 1. The molecule has 0 N–H and O–H groups in total. The van der Waals surface area contributed by atoms with Gasteiger partial charge in [-0.2, -0.15) is 0 Å². The van der Waals surface area contributed by atoms with E-state index in [1.807, 2.05) is 6.92 Å². The summed E-state index contributed by atoms with van der Waals surface area (Å²) in [7, 11) is -3.60. The molecule has 0 saturated carbocycles. The molecular formula is C12H13ClO2S. The molecule has 0 fully saturated rings. The van der Waals surface area contributed by atoms with E-state index in [0.717, 1.165) is 11.1 Å². The third kappa shape index (κ3) is 2.99. The first-order valence-corrected chi connectivity index (χ1v) is 6.61. The second-order valence-corrected chi connectivity index (χ2v) is 6.20. The molecule has 0 radical (unpaired) electrons. The zero-order chi connectivity index (χ0) is 12.3. The van der Waals surface area contributed by atoms with Gasteiger partial charge in [0.15, 0.2) is 4.36 Å². The quantitative estimate of drug-likeness (QED) is 0.760. The second-order valence-electron chi connectivity index (χ2n) is 3.72. The van der Waals surface area contributed by atoms with E-state index >= 15 is 0 Å². The maximum absolute atomic E-state index is 11.9. The third-order valence-electron chi connectivity index (χ3n) is 1.92. The summed E-state index contributed by atoms with van der Waals surface area (Å²) in [5.41, 5.74) is 4.33. The number of aryl methyl sites for hydroxylation is 1. The molecule has 0 aromatic heterocycles. The van der Waals surface area contributed by atoms with Gasteiger partial charge in [-0.1, -0.05) is 35.0 Å². The Morgan fingerprint density at radius 1 is 1.19 bits per heavy atom. The maximum atomic E-state index is 11.9. The summed E-state index contributed by atoms with van der Waals surface area (Å²) >= 11 is 5.74. The fourth-order valence-electron chi connectivity index (χ4n) is 1.08. The molecular weight excluding hydrogens is 244 g/mol. The molecule has 2 nitrogen and oxygen atoms in total. The second kappa shape index (κ2) is 4.88. The first-order valence-electron chi connectivity index (χ1n) is 4.75. The van der Waals surface area contributed by atoms with Gasteiger partial charge in [-0.15, -0.1) is 0 Å². The standard InChI is InChI=1S/C12H13ClO2S/c1-9(2)8-12(13)16(14,15)11-6-4-10(3)5-7-11/h4-7H,1-3H3. The van der Waals surface area contributed by atoms with Crippen LogP contribution in [0.1, 0.15) is 19.4 Å². The summed E-state index contributed by atoms with van der Waals surface area (Å²) in [6.07, 6.45) is 0. The molecule has 0 spiro atoms. The molecule has 0 saturated heterocycles. The van der Waals surface area contributed by atoms with Crippen molar-refractivity contribution >= 4 is 21.4 Å². The van der Waals surface area contributed by atoms with Crippen molar-refractivity contribution in [1.29, 1.82) is 0 Å². The molecule has 0 atom stereocenters. The van der Waals surface area contributed by atoms with E-state index in [0.29, 0.717) is 0 Å². The fraction of sp³-hybridized carbons (Fsp3) is 0.250. The molecule has 0 heterocycles. The molecule has 0 bridgehead atoms. The van der Waals surface area contributed by atoms with Crippen molar-refractivity contribution in [2.75, 3.05) is 0 Å². The van der Waals surface area contributed by atoms with E-state index in [1.165, 1.54) is 0 Å². The molecule has 0 aliphatic carbocycles. The van der Waals surface area contributed by atoms with Crippen molar-refractivity contribution in [3.63, 3.8) is 0 Å². The van der Waals surface area contributed by atoms with Crippen LogP contribution in [0.4, 0.5) is 0 Å². The average molecular weight is 257 g/mol. The van der Waals surface area contributed by atoms with Crippen LogP contribution in [0.3, 0.4) is 0 Å². The Bertz CT molecular complexity index is 543. The smallest absolute Gasteiger partial charge is 0.217 e. The van der Waals surface area contributed by atoms with Crippen molar-refractivity contribution in [2.45, 2.75) is 25.7 Å². The molecule has 16 heavy (non-hydrogen) atoms. The Hall–Kier alpha value is -1.02. The SMILES string of the molecule is CC(C)=C=C(Cl)S(=O)(=O)c1ccc(C)cc1. The van der Waals surface area contributed by atoms with Gasteiger partial charge in [-0.05, 0) is 38.5 Å². The lowest BCUT2D eigenvalue weighted by Crippen LogP contribution is -2.00. The molecule has 0 aliphatic rings. The van der Waals surface area contributed by atoms with E-state index < -0.39 is 9.84 Å². The lowest BCUT2D eigenvalue weighted by molar-refractivity contribution is 0.604. The van der Waals surface area contributed by atoms with Crippen molar-refractivity contribution < 1.29 is 8.42 Å². The third-order valence-corrected chi connectivity index (χ3v) is 4.09. The molecule has 1 rings (SSSR count). The van der Waals surface area contributed by atoms with Gasteiger partial charge in [-0.3, -0.25) is 0 Å². The average Bonchev–Trinajstić information content (AvgIpc) is 2.17. The van der Waals surface area contributed by atoms with E-state index in [1.54, 1.807) is 38.1 Å². The summed E-state index contributed by atoms with van der Waals surface area (Å²) in [5.74, 6) is 0. The molecule has 1 aromatic rings. The number of benzene rings is 1. The van der Waals surface area contributed by atoms with Gasteiger partial charge in [-0.25, -0.2) is 8.42 Å². The lowest BCUT2D eigenvalue weighted by Gasteiger charge is -2.01. The monoisotopic (exact) mass is 256 g/mol. The molecule has 86 valence electrons. The highest BCUT2D eigenvalue weighted by Crippen LogP contribution is 2.21. The van der Waals surface area contributed by atoms with Crippen LogP contribution >= 0.6 is 11.6 Å². The zero-order valence-corrected chi connectivity index (χ0v) is 11.0. The predicted octanol–water partition coefficient (Wildman–Crippen LogP) is 3.41. The minimum Gasteiger partial charge on any atom is -0.217 e. The van der Waals surface area contributed by atoms with Crippen LogP contribution in [0.15, 0.2) is 44.8 Å². The highest BCUT2D eigenvalue weighted by molar-refractivity contribution is 7.96. The summed E-state index contributed by atoms with van der Waals surface area (Å²) < 4.78 is 23.6. The normalized spacial score (nSPS) is 10.8. The molecule has 1 aromatic carbocycles. The number of rotatable bonds is 2. The predicted molar refractivity (Wildman–Crippen MR) is 66.1 cm³/mol. The largest absolute Gasteiger partial charge is 0.224 e. The van der Waals surface area contributed by atoms with Crippen molar-refractivity contribution in [1.82, 2.24) is 0 Å². The van der Waals surface area contributed by atoms with Gasteiger partial charge in [0.1, 0.15) is 0 Å². The number of hydrogen-bond acceptors (Lipinski definition) is 2. The number of sulfone groups is 1. The summed E-state index contributed by atoms with van der Waals surface area (Å²) in [6.45, 7) is 5.38. The van der Waals surface area contributed by atoms with Crippen LogP contribution in [0.25, 0.3) is 0 Å². The Morgan fingerprint density at radius 3 is 2.12 bits per heavy atom. The fourth-order valence-corrected chi connectivity index (χ4v) is 2.58. The highest BCUT2D eigenvalue weighted by atomic mass is 35.5. The Labute approximate surface area is 101 Å². The molecule has 4 heteroatoms. The Kier molecular flexibility index (Phi) is 3.98. The van der Waals surface area contributed by atoms with Crippen LogP contribution in [0.2, 0.25) is 0 Å². The van der Waals surface area contributed by atoms with Crippen molar-refractivity contribution in [3.8, 4) is 0 Å². The van der Waals surface area contributed by atoms with Crippen molar-refractivity contribution in [2.24, 2.45) is 0 Å². The van der Waals surface area contributed by atoms with E-state index in [9.17, 15) is 8.42 Å². The topological polar surface area (TPSA) is 34.1 Å². The zero-order valence-electron chi connectivity index (χ0n) is 9.41. The first kappa shape index (κ1) is 13.0. The Morgan fingerprint density at radius 2 is 1.69 bits per heavy atom. The molecule has 0 unspecified atom stereocenters. The number of hydrogen-bond donors (Lipinski definition) is 0. The van der Waals surface area contributed by atoms with Crippen LogP contribution in [0.5, 0.6) is 0 Å². The maximum Gasteiger partial charge on any atom is 0.224 e. The van der Waals surface area contributed by atoms with Crippen LogP contribution in [0, 0.1) is 6.92 Å². The summed E-state index contributed by atoms with van der Waals surface area (Å²) in [5, 5.41) is 0. The van der Waals surface area contributed by atoms with E-state index in [-0.39, 0.29) is 9.26 Å². The van der Waals surface area contributed by atoms with Crippen LogP contribution in [-0.2, 0) is 9.84 Å². The molecule has 0 amide bonds. The van der Waals surface area contributed by atoms with Crippen LogP contribution in [-0.4, -0.2) is 8.42 Å². The minimum atomic E-state index is -3.60. The van der Waals surface area contributed by atoms with E-state index in [2.05, 4.69) is 5.73 Å². The van der Waals surface area contributed by atoms with Gasteiger partial charge < -0.3 is 0 Å². The van der Waals surface area contributed by atoms with Crippen LogP contribution < -0.4 is 0 Å². The van der Waals surface area contributed by atoms with Crippen molar-refractivity contribution in [3.05, 3.63) is 45.5 Å². The van der Waals surface area contributed by atoms with Gasteiger partial charge in [0.25, 0.3) is 0 Å². The number of allylic oxidation sites excluding steroid dienone is 1. The molecule has 0 aliphatic heterocycles. The van der Waals surface area contributed by atoms with Gasteiger partial charge in [0, 0.05) is 0 Å². The minimum absolute atomic E-state index is 0.192. The summed E-state index contributed by atoms with van der Waals surface area (Å²) in [4.78, 5) is 0.192. The van der Waals surface area contributed by atoms with Gasteiger partial charge in [0.05, 0.1) is 4.90 Å². The van der Waals surface area contributed by atoms with Gasteiger partial charge in [0.2, 0.25) is 9.84 Å². The highest BCUT2D eigenvalue weighted by Gasteiger charge is 2.18.